The highest BCUT2D eigenvalue weighted by atomic mass is 16.5. The van der Waals surface area contributed by atoms with Gasteiger partial charge >= 0.3 is 0 Å². The van der Waals surface area contributed by atoms with Crippen molar-refractivity contribution in [3.05, 3.63) is 17.3 Å². The molecule has 0 bridgehead atoms. The first-order valence-corrected chi connectivity index (χ1v) is 6.58. The minimum absolute atomic E-state index is 0.108. The fourth-order valence-electron chi connectivity index (χ4n) is 1.31. The van der Waals surface area contributed by atoms with Gasteiger partial charge in [-0.15, -0.1) is 0 Å². The van der Waals surface area contributed by atoms with E-state index in [-0.39, 0.29) is 22.8 Å². The molecule has 1 rings (SSSR count). The van der Waals surface area contributed by atoms with Crippen molar-refractivity contribution in [1.29, 1.82) is 5.26 Å². The lowest BCUT2D eigenvalue weighted by atomic mass is 10.2. The summed E-state index contributed by atoms with van der Waals surface area (Å²) in [5.74, 6) is 0.108. The highest BCUT2D eigenvalue weighted by molar-refractivity contribution is 5.76. The van der Waals surface area contributed by atoms with Gasteiger partial charge in [-0.05, 0) is 34.1 Å². The van der Waals surface area contributed by atoms with E-state index in [9.17, 15) is 4.79 Å². The molecule has 0 radical (unpaired) electrons. The van der Waals surface area contributed by atoms with Gasteiger partial charge in [0.1, 0.15) is 17.3 Å². The van der Waals surface area contributed by atoms with Crippen LogP contribution in [0.5, 0.6) is 5.88 Å². The van der Waals surface area contributed by atoms with Crippen molar-refractivity contribution < 1.29 is 9.53 Å². The molecule has 0 amide bonds. The molecular formula is C14H23N5O2. The van der Waals surface area contributed by atoms with Crippen molar-refractivity contribution in [3.8, 4) is 11.9 Å². The molecule has 0 aliphatic heterocycles. The van der Waals surface area contributed by atoms with E-state index in [1.807, 2.05) is 13.1 Å². The summed E-state index contributed by atoms with van der Waals surface area (Å²) in [4.78, 5) is 16.4. The number of hydrogen-bond donors (Lipinski definition) is 2. The predicted octanol–water partition coefficient (Wildman–Crippen LogP) is 0.514. The van der Waals surface area contributed by atoms with Crippen LogP contribution in [0.1, 0.15) is 23.0 Å². The molecule has 7 heteroatoms. The van der Waals surface area contributed by atoms with Gasteiger partial charge in [0.15, 0.2) is 6.29 Å². The molecule has 1 aromatic rings. The van der Waals surface area contributed by atoms with E-state index in [4.69, 9.17) is 15.7 Å². The van der Waals surface area contributed by atoms with Crippen molar-refractivity contribution in [2.75, 3.05) is 46.6 Å². The fraction of sp³-hybridized carbons (Fsp3) is 0.500. The second kappa shape index (κ2) is 10.6. The van der Waals surface area contributed by atoms with Gasteiger partial charge < -0.3 is 20.7 Å². The molecule has 0 aliphatic carbocycles. The van der Waals surface area contributed by atoms with Crippen LogP contribution in [0.4, 0.5) is 5.69 Å². The molecule has 0 saturated carbocycles. The van der Waals surface area contributed by atoms with Gasteiger partial charge in [0, 0.05) is 13.1 Å². The Balaban J connectivity index is 0.000000486. The Labute approximate surface area is 125 Å². The second-order valence-electron chi connectivity index (χ2n) is 4.39. The summed E-state index contributed by atoms with van der Waals surface area (Å²) >= 11 is 0. The summed E-state index contributed by atoms with van der Waals surface area (Å²) in [5, 5.41) is 11.8. The number of nitrogens with zero attached hydrogens (tertiary/aromatic N) is 3. The van der Waals surface area contributed by atoms with Gasteiger partial charge in [-0.3, -0.25) is 4.79 Å². The van der Waals surface area contributed by atoms with Crippen LogP contribution in [0.3, 0.4) is 0 Å². The summed E-state index contributed by atoms with van der Waals surface area (Å²) in [6.07, 6.45) is 0.556. The van der Waals surface area contributed by atoms with E-state index in [1.165, 1.54) is 6.07 Å². The lowest BCUT2D eigenvalue weighted by Gasteiger charge is -2.06. The Bertz CT molecular complexity index is 483. The lowest BCUT2D eigenvalue weighted by molar-refractivity contribution is 0.111. The number of hydrogen-bond acceptors (Lipinski definition) is 7. The average Bonchev–Trinajstić information content (AvgIpc) is 2.45. The predicted molar refractivity (Wildman–Crippen MR) is 82.4 cm³/mol. The van der Waals surface area contributed by atoms with E-state index < -0.39 is 0 Å². The van der Waals surface area contributed by atoms with E-state index in [0.717, 1.165) is 13.1 Å². The number of anilines is 1. The average molecular weight is 293 g/mol. The number of aldehydes is 1. The third kappa shape index (κ3) is 7.25. The maximum absolute atomic E-state index is 10.5. The third-order valence-corrected chi connectivity index (χ3v) is 2.36. The van der Waals surface area contributed by atoms with E-state index in [2.05, 4.69) is 29.3 Å². The highest BCUT2D eigenvalue weighted by Crippen LogP contribution is 2.21. The Morgan fingerprint density at radius 1 is 1.57 bits per heavy atom. The molecule has 0 spiro atoms. The van der Waals surface area contributed by atoms with Gasteiger partial charge in [-0.25, -0.2) is 4.98 Å². The van der Waals surface area contributed by atoms with Gasteiger partial charge in [-0.2, -0.15) is 5.26 Å². The summed E-state index contributed by atoms with van der Waals surface area (Å²) < 4.78 is 5.08. The van der Waals surface area contributed by atoms with Crippen LogP contribution >= 0.6 is 0 Å². The van der Waals surface area contributed by atoms with Gasteiger partial charge in [-0.1, -0.05) is 0 Å². The standard InChI is InChI=1S/C9H9N3O2.C5H14N2/c1-2-14-9-7(4-10)8(11)3-6(5-13)12-9;1-6-4-5-7(2)3/h3,5H,2H2,1H3,(H2,11,12);6H,4-5H2,1-3H3. The smallest absolute Gasteiger partial charge is 0.234 e. The Kier molecular flexibility index (Phi) is 9.50. The Hall–Kier alpha value is -2.17. The number of carbonyl (C=O) groups excluding carboxylic acids is 1. The van der Waals surface area contributed by atoms with Crippen molar-refractivity contribution >= 4 is 12.0 Å². The fourth-order valence-corrected chi connectivity index (χ4v) is 1.31. The normalized spacial score (nSPS) is 9.52. The summed E-state index contributed by atoms with van der Waals surface area (Å²) in [6, 6.07) is 3.21. The molecule has 21 heavy (non-hydrogen) atoms. The van der Waals surface area contributed by atoms with Crippen LogP contribution < -0.4 is 15.8 Å². The maximum Gasteiger partial charge on any atom is 0.234 e. The molecule has 116 valence electrons. The quantitative estimate of drug-likeness (QED) is 0.736. The van der Waals surface area contributed by atoms with Gasteiger partial charge in [0.2, 0.25) is 5.88 Å². The zero-order valence-electron chi connectivity index (χ0n) is 13.0. The number of rotatable bonds is 6. The molecule has 0 unspecified atom stereocenters. The number of likely N-dealkylation sites (N-methyl/N-ethyl adjacent to an activating group) is 2. The second-order valence-corrected chi connectivity index (χ2v) is 4.39. The van der Waals surface area contributed by atoms with Crippen molar-refractivity contribution in [3.63, 3.8) is 0 Å². The zero-order valence-corrected chi connectivity index (χ0v) is 13.0. The number of nitrogen functional groups attached to an aromatic ring is 1. The van der Waals surface area contributed by atoms with E-state index in [0.29, 0.717) is 12.9 Å². The van der Waals surface area contributed by atoms with E-state index in [1.54, 1.807) is 6.92 Å². The molecule has 0 atom stereocenters. The lowest BCUT2D eigenvalue weighted by Crippen LogP contribution is -2.23. The number of nitrogens with one attached hydrogen (secondary N) is 1. The Morgan fingerprint density at radius 3 is 2.62 bits per heavy atom. The summed E-state index contributed by atoms with van der Waals surface area (Å²) in [7, 11) is 6.10. The summed E-state index contributed by atoms with van der Waals surface area (Å²) in [5.41, 5.74) is 6.06. The number of nitriles is 1. The molecular weight excluding hydrogens is 270 g/mol. The highest BCUT2D eigenvalue weighted by Gasteiger charge is 2.10. The molecule has 0 saturated heterocycles. The van der Waals surface area contributed by atoms with E-state index >= 15 is 0 Å². The van der Waals surface area contributed by atoms with Crippen LogP contribution in [0.25, 0.3) is 0 Å². The Morgan fingerprint density at radius 2 is 2.24 bits per heavy atom. The molecule has 1 heterocycles. The number of carbonyl (C=O) groups is 1. The van der Waals surface area contributed by atoms with Crippen molar-refractivity contribution in [1.82, 2.24) is 15.2 Å². The first-order valence-electron chi connectivity index (χ1n) is 6.58. The SMILES string of the molecule is CCOc1nc(C=O)cc(N)c1C#N.CNCCN(C)C. The molecule has 7 nitrogen and oxygen atoms in total. The minimum Gasteiger partial charge on any atom is -0.477 e. The summed E-state index contributed by atoms with van der Waals surface area (Å²) in [6.45, 7) is 4.32. The molecule has 3 N–H and O–H groups in total. The van der Waals surface area contributed by atoms with Gasteiger partial charge in [0.05, 0.1) is 12.3 Å². The first-order chi connectivity index (χ1) is 9.99. The van der Waals surface area contributed by atoms with Crippen LogP contribution in [-0.2, 0) is 0 Å². The number of ether oxygens (including phenoxy) is 1. The number of aromatic nitrogens is 1. The van der Waals surface area contributed by atoms with Crippen molar-refractivity contribution in [2.45, 2.75) is 6.92 Å². The van der Waals surface area contributed by atoms with Crippen LogP contribution in [0.2, 0.25) is 0 Å². The number of pyridine rings is 1. The minimum atomic E-state index is 0.108. The molecule has 0 aromatic carbocycles. The largest absolute Gasteiger partial charge is 0.477 e. The maximum atomic E-state index is 10.5. The molecule has 0 aliphatic rings. The number of nitrogens with two attached hydrogens (primary N) is 1. The van der Waals surface area contributed by atoms with Crippen LogP contribution in [-0.4, -0.2) is 57.0 Å². The molecule has 1 aromatic heterocycles. The van der Waals surface area contributed by atoms with Gasteiger partial charge in [0.25, 0.3) is 0 Å². The first kappa shape index (κ1) is 18.8. The van der Waals surface area contributed by atoms with Crippen molar-refractivity contribution in [2.24, 2.45) is 0 Å². The zero-order chi connectivity index (χ0) is 16.3. The monoisotopic (exact) mass is 293 g/mol. The van der Waals surface area contributed by atoms with Crippen LogP contribution in [0, 0.1) is 11.3 Å². The van der Waals surface area contributed by atoms with Crippen LogP contribution in [0.15, 0.2) is 6.07 Å². The molecule has 0 fully saturated rings. The topological polar surface area (TPSA) is 104 Å². The third-order valence-electron chi connectivity index (χ3n) is 2.36.